The Hall–Kier alpha value is -3.12. The lowest BCUT2D eigenvalue weighted by atomic mass is 10.2. The van der Waals surface area contributed by atoms with Crippen LogP contribution in [0.4, 0.5) is 5.95 Å². The average Bonchev–Trinajstić information content (AvgIpc) is 3.28. The number of aromatic nitrogens is 4. The van der Waals surface area contributed by atoms with E-state index in [4.69, 9.17) is 9.47 Å². The maximum Gasteiger partial charge on any atom is 0.306 e. The molecule has 3 heterocycles. The third kappa shape index (κ3) is 5.33. The summed E-state index contributed by atoms with van der Waals surface area (Å²) >= 11 is 0. The van der Waals surface area contributed by atoms with E-state index in [1.807, 2.05) is 0 Å². The maximum atomic E-state index is 12.3. The summed E-state index contributed by atoms with van der Waals surface area (Å²) in [5.74, 6) is -1.31. The van der Waals surface area contributed by atoms with Crippen molar-refractivity contribution < 1.29 is 29.0 Å². The van der Waals surface area contributed by atoms with Gasteiger partial charge in [-0.1, -0.05) is 13.8 Å². The summed E-state index contributed by atoms with van der Waals surface area (Å²) in [6, 6.07) is 0. The number of aliphatic hydroxyl groups is 1. The van der Waals surface area contributed by atoms with E-state index in [9.17, 15) is 24.3 Å². The lowest BCUT2D eigenvalue weighted by Gasteiger charge is -2.16. The number of anilines is 1. The molecule has 1 saturated heterocycles. The number of nitrogens with one attached hydrogen (secondary N) is 2. The molecule has 0 aliphatic carbocycles. The number of carbonyl (C=O) groups excluding carboxylic acids is 3. The van der Waals surface area contributed by atoms with Gasteiger partial charge in [-0.3, -0.25) is 29.3 Å². The number of ether oxygens (including phenoxy) is 2. The molecule has 0 unspecified atom stereocenters. The van der Waals surface area contributed by atoms with Crippen LogP contribution in [0.2, 0.25) is 0 Å². The molecule has 2 aromatic rings. The molecule has 1 fully saturated rings. The van der Waals surface area contributed by atoms with Crippen molar-refractivity contribution >= 4 is 34.8 Å². The predicted octanol–water partition coefficient (Wildman–Crippen LogP) is 0.275. The van der Waals surface area contributed by atoms with Gasteiger partial charge in [0, 0.05) is 18.8 Å². The molecule has 12 nitrogen and oxygen atoms in total. The van der Waals surface area contributed by atoms with Crippen molar-refractivity contribution in [2.24, 2.45) is 5.92 Å². The largest absolute Gasteiger partial charge is 0.463 e. The van der Waals surface area contributed by atoms with Crippen LogP contribution in [0.5, 0.6) is 0 Å². The molecule has 2 aromatic heterocycles. The number of aliphatic hydroxyl groups excluding tert-OH is 1. The number of hydrogen-bond acceptors (Lipinski definition) is 9. The van der Waals surface area contributed by atoms with Crippen LogP contribution in [0.15, 0.2) is 11.1 Å². The Balaban J connectivity index is 1.72. The van der Waals surface area contributed by atoms with E-state index in [0.29, 0.717) is 0 Å². The monoisotopic (exact) mass is 435 g/mol. The van der Waals surface area contributed by atoms with E-state index < -0.39 is 30.0 Å². The SMILES string of the molecule is CC(=O)CCC(=O)OC[C@H]1O[C@@H](n2cnc3c(=O)[nH]c(NC(=O)C(C)C)nc32)C[C@@H]1O. The standard InChI is InChI=1S/C19H25N5O7/c1-9(2)17(28)22-19-21-16-15(18(29)23-19)20-8-24(16)13-6-11(26)12(31-13)7-30-14(27)5-4-10(3)25/h8-9,11-13,26H,4-7H2,1-3H3,(H2,21,22,23,28,29)/t11-,12+,13+/m0/s1. The van der Waals surface area contributed by atoms with Crippen molar-refractivity contribution in [3.8, 4) is 0 Å². The molecule has 0 aromatic carbocycles. The van der Waals surface area contributed by atoms with Gasteiger partial charge in [-0.05, 0) is 6.92 Å². The number of amides is 1. The lowest BCUT2D eigenvalue weighted by Crippen LogP contribution is -2.28. The summed E-state index contributed by atoms with van der Waals surface area (Å²) in [5.41, 5.74) is -0.295. The quantitative estimate of drug-likeness (QED) is 0.493. The molecule has 12 heteroatoms. The normalized spacial score (nSPS) is 20.9. The molecule has 0 bridgehead atoms. The van der Waals surface area contributed by atoms with Gasteiger partial charge in [0.15, 0.2) is 11.2 Å². The van der Waals surface area contributed by atoms with Crippen LogP contribution in [0.1, 0.15) is 46.3 Å². The molecular weight excluding hydrogens is 410 g/mol. The number of fused-ring (bicyclic) bond motifs is 1. The number of imidazole rings is 1. The smallest absolute Gasteiger partial charge is 0.306 e. The highest BCUT2D eigenvalue weighted by Crippen LogP contribution is 2.30. The Labute approximate surface area is 177 Å². The molecule has 3 rings (SSSR count). The van der Waals surface area contributed by atoms with Crippen molar-refractivity contribution in [1.82, 2.24) is 19.5 Å². The number of H-pyrrole nitrogens is 1. The average molecular weight is 435 g/mol. The summed E-state index contributed by atoms with van der Waals surface area (Å²) in [5, 5.41) is 12.8. The van der Waals surface area contributed by atoms with Crippen LogP contribution in [0.3, 0.4) is 0 Å². The first-order valence-corrected chi connectivity index (χ1v) is 9.92. The van der Waals surface area contributed by atoms with Crippen LogP contribution in [-0.4, -0.2) is 61.1 Å². The van der Waals surface area contributed by atoms with Crippen LogP contribution >= 0.6 is 0 Å². The van der Waals surface area contributed by atoms with Gasteiger partial charge in [-0.15, -0.1) is 0 Å². The molecule has 31 heavy (non-hydrogen) atoms. The Morgan fingerprint density at radius 3 is 2.81 bits per heavy atom. The minimum atomic E-state index is -0.926. The van der Waals surface area contributed by atoms with Gasteiger partial charge in [0.25, 0.3) is 5.56 Å². The third-order valence-electron chi connectivity index (χ3n) is 4.80. The summed E-state index contributed by atoms with van der Waals surface area (Å²) in [4.78, 5) is 57.6. The highest BCUT2D eigenvalue weighted by molar-refractivity contribution is 5.91. The fraction of sp³-hybridized carbons (Fsp3) is 0.579. The van der Waals surface area contributed by atoms with Gasteiger partial charge in [-0.25, -0.2) is 4.98 Å². The van der Waals surface area contributed by atoms with E-state index in [0.717, 1.165) is 0 Å². The van der Waals surface area contributed by atoms with E-state index in [2.05, 4.69) is 20.3 Å². The number of hydrogen-bond donors (Lipinski definition) is 3. The van der Waals surface area contributed by atoms with Crippen LogP contribution in [-0.2, 0) is 23.9 Å². The summed E-state index contributed by atoms with van der Waals surface area (Å²) in [6.45, 7) is 4.62. The number of nitrogens with zero attached hydrogens (tertiary/aromatic N) is 3. The van der Waals surface area contributed by atoms with Crippen molar-refractivity contribution in [1.29, 1.82) is 0 Å². The number of aromatic amines is 1. The predicted molar refractivity (Wildman–Crippen MR) is 107 cm³/mol. The van der Waals surface area contributed by atoms with Crippen molar-refractivity contribution in [2.45, 2.75) is 58.5 Å². The van der Waals surface area contributed by atoms with E-state index in [-0.39, 0.29) is 60.6 Å². The number of carbonyl (C=O) groups is 3. The zero-order valence-corrected chi connectivity index (χ0v) is 17.5. The topological polar surface area (TPSA) is 165 Å². The molecule has 168 valence electrons. The summed E-state index contributed by atoms with van der Waals surface area (Å²) < 4.78 is 12.4. The lowest BCUT2D eigenvalue weighted by molar-refractivity contribution is -0.150. The van der Waals surface area contributed by atoms with Crippen LogP contribution in [0, 0.1) is 5.92 Å². The third-order valence-corrected chi connectivity index (χ3v) is 4.80. The first kappa shape index (κ1) is 22.6. The Bertz CT molecular complexity index is 1040. The minimum Gasteiger partial charge on any atom is -0.463 e. The molecule has 0 radical (unpaired) electrons. The number of esters is 1. The molecule has 0 saturated carbocycles. The Morgan fingerprint density at radius 1 is 1.39 bits per heavy atom. The van der Waals surface area contributed by atoms with Crippen molar-refractivity contribution in [3.63, 3.8) is 0 Å². The molecule has 1 aliphatic rings. The zero-order valence-electron chi connectivity index (χ0n) is 17.5. The van der Waals surface area contributed by atoms with Gasteiger partial charge in [0.05, 0.1) is 18.9 Å². The van der Waals surface area contributed by atoms with Crippen molar-refractivity contribution in [3.05, 3.63) is 16.7 Å². The Kier molecular flexibility index (Phi) is 6.81. The number of rotatable bonds is 8. The van der Waals surface area contributed by atoms with Crippen molar-refractivity contribution in [2.75, 3.05) is 11.9 Å². The molecule has 1 aliphatic heterocycles. The first-order chi connectivity index (χ1) is 14.7. The fourth-order valence-corrected chi connectivity index (χ4v) is 3.02. The Morgan fingerprint density at radius 2 is 2.13 bits per heavy atom. The zero-order chi connectivity index (χ0) is 22.7. The molecule has 3 atom stereocenters. The van der Waals surface area contributed by atoms with Gasteiger partial charge in [0.1, 0.15) is 24.7 Å². The minimum absolute atomic E-state index is 0.0209. The highest BCUT2D eigenvalue weighted by atomic mass is 16.6. The molecule has 3 N–H and O–H groups in total. The van der Waals surface area contributed by atoms with E-state index >= 15 is 0 Å². The molecule has 0 spiro atoms. The molecule has 1 amide bonds. The summed E-state index contributed by atoms with van der Waals surface area (Å²) in [7, 11) is 0. The van der Waals surface area contributed by atoms with Gasteiger partial charge >= 0.3 is 5.97 Å². The highest BCUT2D eigenvalue weighted by Gasteiger charge is 2.36. The van der Waals surface area contributed by atoms with Gasteiger partial charge < -0.3 is 19.4 Å². The van der Waals surface area contributed by atoms with E-state index in [1.165, 1.54) is 17.8 Å². The number of Topliss-reactive ketones (excluding diaryl/α,β-unsaturated/α-hetero) is 1. The second kappa shape index (κ2) is 9.35. The van der Waals surface area contributed by atoms with E-state index in [1.54, 1.807) is 13.8 Å². The maximum absolute atomic E-state index is 12.3. The van der Waals surface area contributed by atoms with Crippen LogP contribution in [0.25, 0.3) is 11.2 Å². The second-order valence-corrected chi connectivity index (χ2v) is 7.70. The molecular formula is C19H25N5O7. The van der Waals surface area contributed by atoms with Gasteiger partial charge in [-0.2, -0.15) is 4.98 Å². The second-order valence-electron chi connectivity index (χ2n) is 7.70. The number of ketones is 1. The fourth-order valence-electron chi connectivity index (χ4n) is 3.02. The van der Waals surface area contributed by atoms with Crippen LogP contribution < -0.4 is 10.9 Å². The first-order valence-electron chi connectivity index (χ1n) is 9.92. The summed E-state index contributed by atoms with van der Waals surface area (Å²) in [6.07, 6.45) is -0.847. The van der Waals surface area contributed by atoms with Gasteiger partial charge in [0.2, 0.25) is 11.9 Å².